The summed E-state index contributed by atoms with van der Waals surface area (Å²) in [6.45, 7) is 2.18. The average Bonchev–Trinajstić information content (AvgIpc) is 3.27. The number of hydrogen-bond acceptors (Lipinski definition) is 4. The number of para-hydroxylation sites is 1. The van der Waals surface area contributed by atoms with Crippen molar-refractivity contribution in [1.82, 2.24) is 9.88 Å². The van der Waals surface area contributed by atoms with Crippen LogP contribution in [0.2, 0.25) is 0 Å². The summed E-state index contributed by atoms with van der Waals surface area (Å²) in [5.74, 6) is -0.165. The summed E-state index contributed by atoms with van der Waals surface area (Å²) in [5, 5.41) is 3.73. The van der Waals surface area contributed by atoms with Crippen molar-refractivity contribution in [2.24, 2.45) is 0 Å². The van der Waals surface area contributed by atoms with Crippen LogP contribution in [0, 0.1) is 0 Å². The molecule has 132 valence electrons. The SMILES string of the molecule is CC(=O)Nc1cccc(C(=O)N2CCC[C@H]2c2nc3ccccc3s2)c1. The summed E-state index contributed by atoms with van der Waals surface area (Å²) in [6, 6.07) is 15.2. The molecule has 1 N–H and O–H groups in total. The highest BCUT2D eigenvalue weighted by molar-refractivity contribution is 7.18. The lowest BCUT2D eigenvalue weighted by Crippen LogP contribution is -2.30. The van der Waals surface area contributed by atoms with Gasteiger partial charge in [-0.25, -0.2) is 4.98 Å². The zero-order chi connectivity index (χ0) is 18.1. The Kier molecular flexibility index (Phi) is 4.42. The van der Waals surface area contributed by atoms with Crippen LogP contribution in [0.4, 0.5) is 5.69 Å². The second-order valence-electron chi connectivity index (χ2n) is 6.44. The van der Waals surface area contributed by atoms with Crippen LogP contribution in [0.25, 0.3) is 10.2 Å². The van der Waals surface area contributed by atoms with Crippen LogP contribution in [0.3, 0.4) is 0 Å². The van der Waals surface area contributed by atoms with E-state index >= 15 is 0 Å². The molecule has 0 unspecified atom stereocenters. The molecule has 2 aromatic carbocycles. The topological polar surface area (TPSA) is 62.3 Å². The molecule has 0 bridgehead atoms. The number of rotatable bonds is 3. The van der Waals surface area contributed by atoms with E-state index in [1.54, 1.807) is 35.6 Å². The highest BCUT2D eigenvalue weighted by atomic mass is 32.1. The standard InChI is InChI=1S/C20H19N3O2S/c1-13(24)21-15-7-4-6-14(12-15)20(25)23-11-5-9-17(23)19-22-16-8-2-3-10-18(16)26-19/h2-4,6-8,10,12,17H,5,9,11H2,1H3,(H,21,24)/t17-/m0/s1. The van der Waals surface area contributed by atoms with Gasteiger partial charge in [0.2, 0.25) is 5.91 Å². The molecule has 6 heteroatoms. The Labute approximate surface area is 155 Å². The molecule has 3 aromatic rings. The monoisotopic (exact) mass is 365 g/mol. The number of carbonyl (C=O) groups is 2. The fourth-order valence-electron chi connectivity index (χ4n) is 3.40. The van der Waals surface area contributed by atoms with Gasteiger partial charge in [-0.3, -0.25) is 9.59 Å². The minimum absolute atomic E-state index is 0.0149. The molecule has 1 atom stereocenters. The molecule has 1 fully saturated rings. The number of thiazole rings is 1. The molecule has 1 aromatic heterocycles. The van der Waals surface area contributed by atoms with Crippen LogP contribution < -0.4 is 5.32 Å². The van der Waals surface area contributed by atoms with Gasteiger partial charge in [0.05, 0.1) is 16.3 Å². The van der Waals surface area contributed by atoms with E-state index in [1.807, 2.05) is 23.1 Å². The minimum Gasteiger partial charge on any atom is -0.329 e. The maximum Gasteiger partial charge on any atom is 0.254 e. The first-order valence-electron chi connectivity index (χ1n) is 8.66. The molecule has 26 heavy (non-hydrogen) atoms. The lowest BCUT2D eigenvalue weighted by atomic mass is 10.1. The van der Waals surface area contributed by atoms with E-state index in [2.05, 4.69) is 11.4 Å². The molecule has 2 heterocycles. The third-order valence-electron chi connectivity index (χ3n) is 4.54. The predicted octanol–water partition coefficient (Wildman–Crippen LogP) is 4.23. The summed E-state index contributed by atoms with van der Waals surface area (Å²) >= 11 is 1.66. The van der Waals surface area contributed by atoms with Gasteiger partial charge in [0.25, 0.3) is 5.91 Å². The van der Waals surface area contributed by atoms with Crippen LogP contribution >= 0.6 is 11.3 Å². The first-order valence-corrected chi connectivity index (χ1v) is 9.47. The second kappa shape index (κ2) is 6.88. The first kappa shape index (κ1) is 16.7. The lowest BCUT2D eigenvalue weighted by Gasteiger charge is -2.23. The number of likely N-dealkylation sites (tertiary alicyclic amines) is 1. The van der Waals surface area contributed by atoms with Gasteiger partial charge >= 0.3 is 0 Å². The lowest BCUT2D eigenvalue weighted by molar-refractivity contribution is -0.114. The number of nitrogens with one attached hydrogen (secondary N) is 1. The van der Waals surface area contributed by atoms with Gasteiger partial charge in [0.1, 0.15) is 5.01 Å². The molecule has 1 saturated heterocycles. The largest absolute Gasteiger partial charge is 0.329 e. The molecule has 4 rings (SSSR count). The number of fused-ring (bicyclic) bond motifs is 1. The highest BCUT2D eigenvalue weighted by Gasteiger charge is 2.32. The maximum absolute atomic E-state index is 13.1. The fraction of sp³-hybridized carbons (Fsp3) is 0.250. The Morgan fingerprint density at radius 1 is 1.19 bits per heavy atom. The van der Waals surface area contributed by atoms with Gasteiger partial charge in [-0.05, 0) is 43.2 Å². The number of anilines is 1. The van der Waals surface area contributed by atoms with E-state index in [9.17, 15) is 9.59 Å². The molecule has 2 amide bonds. The molecule has 0 saturated carbocycles. The van der Waals surface area contributed by atoms with Crippen LogP contribution in [0.15, 0.2) is 48.5 Å². The van der Waals surface area contributed by atoms with Gasteiger partial charge in [-0.15, -0.1) is 11.3 Å². The minimum atomic E-state index is -0.150. The third kappa shape index (κ3) is 3.20. The molecule has 0 aliphatic carbocycles. The van der Waals surface area contributed by atoms with Crippen molar-refractivity contribution >= 4 is 39.1 Å². The van der Waals surface area contributed by atoms with Crippen molar-refractivity contribution < 1.29 is 9.59 Å². The Bertz CT molecular complexity index is 949. The summed E-state index contributed by atoms with van der Waals surface area (Å²) in [4.78, 5) is 31.0. The number of hydrogen-bond donors (Lipinski definition) is 1. The second-order valence-corrected chi connectivity index (χ2v) is 7.50. The number of nitrogens with zero attached hydrogens (tertiary/aromatic N) is 2. The summed E-state index contributed by atoms with van der Waals surface area (Å²) in [6.07, 6.45) is 1.90. The fourth-order valence-corrected chi connectivity index (χ4v) is 4.51. The van der Waals surface area contributed by atoms with E-state index in [0.29, 0.717) is 11.3 Å². The first-order chi connectivity index (χ1) is 12.6. The number of benzene rings is 2. The summed E-state index contributed by atoms with van der Waals surface area (Å²) < 4.78 is 1.15. The number of carbonyl (C=O) groups excluding carboxylic acids is 2. The highest BCUT2D eigenvalue weighted by Crippen LogP contribution is 2.37. The van der Waals surface area contributed by atoms with Crippen LogP contribution in [-0.4, -0.2) is 28.2 Å². The number of aromatic nitrogens is 1. The molecule has 5 nitrogen and oxygen atoms in total. The summed E-state index contributed by atoms with van der Waals surface area (Å²) in [5.41, 5.74) is 2.21. The van der Waals surface area contributed by atoms with E-state index < -0.39 is 0 Å². The Hall–Kier alpha value is -2.73. The van der Waals surface area contributed by atoms with Gasteiger partial charge in [-0.1, -0.05) is 18.2 Å². The van der Waals surface area contributed by atoms with Gasteiger partial charge in [0, 0.05) is 24.7 Å². The van der Waals surface area contributed by atoms with Crippen molar-refractivity contribution in [3.05, 3.63) is 59.1 Å². The number of amides is 2. The molecule has 1 aliphatic heterocycles. The molecular formula is C20H19N3O2S. The average molecular weight is 365 g/mol. The smallest absolute Gasteiger partial charge is 0.254 e. The zero-order valence-corrected chi connectivity index (χ0v) is 15.3. The maximum atomic E-state index is 13.1. The Morgan fingerprint density at radius 2 is 2.04 bits per heavy atom. The van der Waals surface area contributed by atoms with Gasteiger partial charge in [-0.2, -0.15) is 0 Å². The predicted molar refractivity (Wildman–Crippen MR) is 103 cm³/mol. The van der Waals surface area contributed by atoms with Crippen LogP contribution in [0.5, 0.6) is 0 Å². The van der Waals surface area contributed by atoms with Crippen molar-refractivity contribution in [3.8, 4) is 0 Å². The quantitative estimate of drug-likeness (QED) is 0.755. The van der Waals surface area contributed by atoms with E-state index in [4.69, 9.17) is 4.98 Å². The van der Waals surface area contributed by atoms with Gasteiger partial charge < -0.3 is 10.2 Å². The van der Waals surface area contributed by atoms with Crippen molar-refractivity contribution in [2.45, 2.75) is 25.8 Å². The van der Waals surface area contributed by atoms with Crippen molar-refractivity contribution in [1.29, 1.82) is 0 Å². The Morgan fingerprint density at radius 3 is 2.85 bits per heavy atom. The van der Waals surface area contributed by atoms with E-state index in [0.717, 1.165) is 34.6 Å². The Balaban J connectivity index is 1.61. The van der Waals surface area contributed by atoms with Gasteiger partial charge in [0.15, 0.2) is 0 Å². The molecule has 1 aliphatic rings. The van der Waals surface area contributed by atoms with Crippen molar-refractivity contribution in [3.63, 3.8) is 0 Å². The molecule has 0 spiro atoms. The van der Waals surface area contributed by atoms with Crippen LogP contribution in [-0.2, 0) is 4.79 Å². The zero-order valence-electron chi connectivity index (χ0n) is 14.4. The third-order valence-corrected chi connectivity index (χ3v) is 5.68. The normalized spacial score (nSPS) is 16.8. The molecular weight excluding hydrogens is 346 g/mol. The van der Waals surface area contributed by atoms with E-state index in [1.165, 1.54) is 6.92 Å². The van der Waals surface area contributed by atoms with Crippen LogP contribution in [0.1, 0.15) is 41.2 Å². The van der Waals surface area contributed by atoms with E-state index in [-0.39, 0.29) is 17.9 Å². The molecule has 0 radical (unpaired) electrons. The van der Waals surface area contributed by atoms with Crippen molar-refractivity contribution in [2.75, 3.05) is 11.9 Å². The summed E-state index contributed by atoms with van der Waals surface area (Å²) in [7, 11) is 0.